The molecule has 1 aromatic carbocycles. The Kier molecular flexibility index (Phi) is 3.19. The Hall–Kier alpha value is -2.45. The number of hydrazone groups is 1. The molecule has 5 nitrogen and oxygen atoms in total. The molecule has 0 saturated heterocycles. The number of alkyl halides is 3. The van der Waals surface area contributed by atoms with Gasteiger partial charge in [-0.3, -0.25) is 5.43 Å². The summed E-state index contributed by atoms with van der Waals surface area (Å²) in [4.78, 5) is 0. The monoisotopic (exact) mass is 273 g/mol. The molecule has 1 aliphatic rings. The summed E-state index contributed by atoms with van der Waals surface area (Å²) < 4.78 is 50.5. The van der Waals surface area contributed by atoms with Crippen LogP contribution in [0.2, 0.25) is 0 Å². The van der Waals surface area contributed by atoms with Crippen LogP contribution in [0.4, 0.5) is 23.2 Å². The maximum atomic E-state index is 12.9. The number of rotatable bonds is 2. The third-order valence-corrected chi connectivity index (χ3v) is 2.11. The summed E-state index contributed by atoms with van der Waals surface area (Å²) >= 11 is 0. The van der Waals surface area contributed by atoms with Crippen molar-refractivity contribution in [2.75, 3.05) is 5.43 Å². The Balaban J connectivity index is 2.23. The molecule has 0 fully saturated rings. The van der Waals surface area contributed by atoms with Crippen molar-refractivity contribution in [3.05, 3.63) is 30.1 Å². The van der Waals surface area contributed by atoms with Gasteiger partial charge in [-0.05, 0) is 18.2 Å². The van der Waals surface area contributed by atoms with E-state index in [1.165, 1.54) is 18.2 Å². The van der Waals surface area contributed by atoms with Crippen molar-refractivity contribution in [2.45, 2.75) is 6.18 Å². The number of benzene rings is 1. The second kappa shape index (κ2) is 4.67. The molecule has 100 valence electrons. The first-order valence-electron chi connectivity index (χ1n) is 4.96. The lowest BCUT2D eigenvalue weighted by atomic mass is 10.2. The quantitative estimate of drug-likeness (QED) is 0.637. The van der Waals surface area contributed by atoms with Crippen LogP contribution in [0.5, 0.6) is 0 Å². The van der Waals surface area contributed by atoms with Crippen molar-refractivity contribution in [2.24, 2.45) is 21.0 Å². The first-order chi connectivity index (χ1) is 8.88. The summed E-state index contributed by atoms with van der Waals surface area (Å²) in [6.07, 6.45) is -4.72. The Labute approximate surface area is 104 Å². The van der Waals surface area contributed by atoms with E-state index in [1.807, 2.05) is 0 Å². The molecule has 0 amide bonds. The third-order valence-electron chi connectivity index (χ3n) is 2.11. The fourth-order valence-electron chi connectivity index (χ4n) is 1.30. The Bertz CT molecular complexity index is 588. The number of anilines is 1. The van der Waals surface area contributed by atoms with Crippen LogP contribution in [-0.4, -0.2) is 23.4 Å². The number of nitrogens with two attached hydrogens (primary N) is 1. The SMILES string of the molecule is NC1=NN=C(C(F)(F)F)C1=NNc1cccc(F)c1. The van der Waals surface area contributed by atoms with Crippen molar-refractivity contribution in [3.8, 4) is 0 Å². The van der Waals surface area contributed by atoms with E-state index >= 15 is 0 Å². The zero-order chi connectivity index (χ0) is 14.0. The molecule has 0 aromatic heterocycles. The molecule has 1 heterocycles. The molecule has 3 N–H and O–H groups in total. The van der Waals surface area contributed by atoms with Crippen LogP contribution < -0.4 is 11.2 Å². The van der Waals surface area contributed by atoms with E-state index in [0.717, 1.165) is 6.07 Å². The lowest BCUT2D eigenvalue weighted by molar-refractivity contribution is -0.0566. The van der Waals surface area contributed by atoms with Gasteiger partial charge in [0.2, 0.25) is 0 Å². The van der Waals surface area contributed by atoms with E-state index in [9.17, 15) is 17.6 Å². The van der Waals surface area contributed by atoms with Gasteiger partial charge < -0.3 is 5.73 Å². The zero-order valence-corrected chi connectivity index (χ0v) is 9.24. The van der Waals surface area contributed by atoms with Crippen LogP contribution in [0.25, 0.3) is 0 Å². The minimum absolute atomic E-state index is 0.175. The van der Waals surface area contributed by atoms with Gasteiger partial charge in [0, 0.05) is 0 Å². The van der Waals surface area contributed by atoms with E-state index in [-0.39, 0.29) is 5.69 Å². The Morgan fingerprint density at radius 3 is 2.58 bits per heavy atom. The Morgan fingerprint density at radius 2 is 1.95 bits per heavy atom. The summed E-state index contributed by atoms with van der Waals surface area (Å²) in [7, 11) is 0. The lowest BCUT2D eigenvalue weighted by Gasteiger charge is -2.07. The molecule has 0 spiro atoms. The third kappa shape index (κ3) is 2.87. The van der Waals surface area contributed by atoms with Gasteiger partial charge in [-0.25, -0.2) is 4.39 Å². The van der Waals surface area contributed by atoms with E-state index in [2.05, 4.69) is 20.7 Å². The average molecular weight is 273 g/mol. The fraction of sp³-hybridized carbons (Fsp3) is 0.100. The predicted octanol–water partition coefficient (Wildman–Crippen LogP) is 1.88. The number of hydrogen-bond acceptors (Lipinski definition) is 5. The summed E-state index contributed by atoms with van der Waals surface area (Å²) in [6.45, 7) is 0. The standard InChI is InChI=1S/C10H7F4N5/c11-5-2-1-3-6(4-5)16-17-7-8(10(12,13)14)18-19-9(7)15/h1-4,16H,(H2,15,17,19). The molecular formula is C10H7F4N5. The summed E-state index contributed by atoms with van der Waals surface area (Å²) in [5.74, 6) is -1.01. The van der Waals surface area contributed by atoms with Crippen molar-refractivity contribution in [3.63, 3.8) is 0 Å². The second-order valence-electron chi connectivity index (χ2n) is 3.51. The van der Waals surface area contributed by atoms with Gasteiger partial charge >= 0.3 is 6.18 Å². The Morgan fingerprint density at radius 1 is 1.21 bits per heavy atom. The molecule has 19 heavy (non-hydrogen) atoms. The first-order valence-corrected chi connectivity index (χ1v) is 4.96. The molecule has 0 unspecified atom stereocenters. The number of nitrogens with zero attached hydrogens (tertiary/aromatic N) is 3. The first kappa shape index (κ1) is 13.0. The van der Waals surface area contributed by atoms with Crippen LogP contribution >= 0.6 is 0 Å². The van der Waals surface area contributed by atoms with E-state index in [0.29, 0.717) is 0 Å². The highest BCUT2D eigenvalue weighted by molar-refractivity contribution is 6.70. The minimum atomic E-state index is -4.72. The van der Waals surface area contributed by atoms with E-state index < -0.39 is 29.3 Å². The van der Waals surface area contributed by atoms with Gasteiger partial charge in [-0.15, -0.1) is 10.2 Å². The fourth-order valence-corrected chi connectivity index (χ4v) is 1.30. The highest BCUT2D eigenvalue weighted by Gasteiger charge is 2.43. The maximum absolute atomic E-state index is 12.9. The highest BCUT2D eigenvalue weighted by atomic mass is 19.4. The molecule has 0 saturated carbocycles. The number of nitrogens with one attached hydrogen (secondary N) is 1. The van der Waals surface area contributed by atoms with Crippen molar-refractivity contribution in [1.82, 2.24) is 0 Å². The molecule has 1 aliphatic heterocycles. The van der Waals surface area contributed by atoms with Gasteiger partial charge in [-0.1, -0.05) is 6.07 Å². The second-order valence-corrected chi connectivity index (χ2v) is 3.51. The molecule has 0 radical (unpaired) electrons. The molecule has 2 rings (SSSR count). The van der Waals surface area contributed by atoms with Crippen LogP contribution in [-0.2, 0) is 0 Å². The number of amidine groups is 1. The number of hydrogen-bond donors (Lipinski definition) is 2. The molecule has 9 heteroatoms. The molecule has 0 bridgehead atoms. The molecule has 0 atom stereocenters. The zero-order valence-electron chi connectivity index (χ0n) is 9.24. The average Bonchev–Trinajstić information content (AvgIpc) is 2.68. The topological polar surface area (TPSA) is 75.1 Å². The predicted molar refractivity (Wildman–Crippen MR) is 62.6 cm³/mol. The van der Waals surface area contributed by atoms with Gasteiger partial charge in [0.1, 0.15) is 5.82 Å². The van der Waals surface area contributed by atoms with Crippen molar-refractivity contribution in [1.29, 1.82) is 0 Å². The van der Waals surface area contributed by atoms with Crippen LogP contribution in [0.3, 0.4) is 0 Å². The van der Waals surface area contributed by atoms with Crippen LogP contribution in [0.1, 0.15) is 0 Å². The highest BCUT2D eigenvalue weighted by Crippen LogP contribution is 2.21. The largest absolute Gasteiger partial charge is 0.437 e. The number of halogens is 4. The maximum Gasteiger partial charge on any atom is 0.437 e. The lowest BCUT2D eigenvalue weighted by Crippen LogP contribution is -2.36. The van der Waals surface area contributed by atoms with Gasteiger partial charge in [-0.2, -0.15) is 18.3 Å². The molecular weight excluding hydrogens is 266 g/mol. The molecule has 0 aliphatic carbocycles. The van der Waals surface area contributed by atoms with Crippen molar-refractivity contribution < 1.29 is 17.6 Å². The van der Waals surface area contributed by atoms with Gasteiger partial charge in [0.05, 0.1) is 5.69 Å². The van der Waals surface area contributed by atoms with Crippen LogP contribution in [0, 0.1) is 5.82 Å². The van der Waals surface area contributed by atoms with Gasteiger partial charge in [0.25, 0.3) is 0 Å². The van der Waals surface area contributed by atoms with Crippen LogP contribution in [0.15, 0.2) is 39.6 Å². The van der Waals surface area contributed by atoms with Gasteiger partial charge in [0.15, 0.2) is 17.3 Å². The summed E-state index contributed by atoms with van der Waals surface area (Å²) in [5.41, 5.74) is 5.77. The van der Waals surface area contributed by atoms with E-state index in [1.54, 1.807) is 0 Å². The minimum Gasteiger partial charge on any atom is -0.380 e. The molecule has 1 aromatic rings. The van der Waals surface area contributed by atoms with E-state index in [4.69, 9.17) is 5.73 Å². The summed E-state index contributed by atoms with van der Waals surface area (Å²) in [6, 6.07) is 5.06. The van der Waals surface area contributed by atoms with Crippen molar-refractivity contribution >= 4 is 22.9 Å². The smallest absolute Gasteiger partial charge is 0.380 e. The normalized spacial score (nSPS) is 17.4. The summed E-state index contributed by atoms with van der Waals surface area (Å²) in [5, 5.41) is 9.48.